The largest absolute Gasteiger partial charge is 0.325 e. The Hall–Kier alpha value is 0.467. The molecule has 0 unspecified atom stereocenters. The van der Waals surface area contributed by atoms with Crippen LogP contribution in [0.5, 0.6) is 0 Å². The summed E-state index contributed by atoms with van der Waals surface area (Å²) in [7, 11) is -1.55. The zero-order valence-electron chi connectivity index (χ0n) is 7.49. The first-order valence-corrected chi connectivity index (χ1v) is 6.99. The molecule has 3 heteroatoms. The molecule has 0 bridgehead atoms. The Bertz CT molecular complexity index is 107. The third-order valence-corrected chi connectivity index (χ3v) is 4.75. The van der Waals surface area contributed by atoms with Gasteiger partial charge in [0.15, 0.2) is 0 Å². The van der Waals surface area contributed by atoms with E-state index in [0.717, 1.165) is 6.04 Å². The van der Waals surface area contributed by atoms with Crippen LogP contribution in [-0.4, -0.2) is 8.32 Å². The maximum Gasteiger partial charge on any atom is 0.214 e. The van der Waals surface area contributed by atoms with Crippen molar-refractivity contribution in [2.75, 3.05) is 0 Å². The molecular weight excluding hydrogens is 164 g/mol. The maximum absolute atomic E-state index is 5.36. The first-order valence-electron chi connectivity index (χ1n) is 3.57. The minimum absolute atomic E-state index is 0.338. The monoisotopic (exact) mass is 180 g/mol. The van der Waals surface area contributed by atoms with E-state index >= 15 is 0 Å². The van der Waals surface area contributed by atoms with Crippen LogP contribution in [0.1, 0.15) is 20.8 Å². The Kier molecular flexibility index (Phi) is 3.39. The van der Waals surface area contributed by atoms with Gasteiger partial charge in [0, 0.05) is 11.9 Å². The second-order valence-corrected chi connectivity index (χ2v) is 9.06. The molecule has 0 aromatic rings. The van der Waals surface area contributed by atoms with Gasteiger partial charge in [-0.1, -0.05) is 20.8 Å². The Morgan fingerprint density at radius 2 is 1.70 bits per heavy atom. The molecule has 0 aliphatic rings. The average Bonchev–Trinajstić information content (AvgIpc) is 1.60. The third-order valence-electron chi connectivity index (χ3n) is 1.16. The van der Waals surface area contributed by atoms with Crippen molar-refractivity contribution >= 4 is 20.2 Å². The fraction of sp³-hybridized carbons (Fsp3) is 1.00. The topological polar surface area (TPSA) is 9.23 Å². The van der Waals surface area contributed by atoms with Crippen molar-refractivity contribution in [2.45, 2.75) is 39.9 Å². The van der Waals surface area contributed by atoms with E-state index in [1.54, 1.807) is 0 Å². The lowest BCUT2D eigenvalue weighted by Gasteiger charge is -2.27. The van der Waals surface area contributed by atoms with Crippen molar-refractivity contribution < 1.29 is 3.98 Å². The molecular formula is C7H17ClOSi. The quantitative estimate of drug-likeness (QED) is 0.592. The SMILES string of the molecule is CC(C)(C)C[Si](C)(C)OCl. The van der Waals surface area contributed by atoms with Crippen molar-refractivity contribution in [2.24, 2.45) is 5.41 Å². The van der Waals surface area contributed by atoms with Crippen molar-refractivity contribution in [3.05, 3.63) is 0 Å². The van der Waals surface area contributed by atoms with Gasteiger partial charge in [-0.05, 0) is 24.6 Å². The molecule has 0 atom stereocenters. The van der Waals surface area contributed by atoms with E-state index in [1.165, 1.54) is 0 Å². The summed E-state index contributed by atoms with van der Waals surface area (Å²) in [6.45, 7) is 10.9. The fourth-order valence-electron chi connectivity index (χ4n) is 1.30. The van der Waals surface area contributed by atoms with Crippen molar-refractivity contribution in [3.8, 4) is 0 Å². The van der Waals surface area contributed by atoms with Crippen LogP contribution in [-0.2, 0) is 3.98 Å². The van der Waals surface area contributed by atoms with E-state index in [0.29, 0.717) is 5.41 Å². The summed E-state index contributed by atoms with van der Waals surface area (Å²) in [4.78, 5) is 0. The summed E-state index contributed by atoms with van der Waals surface area (Å²) in [5.74, 6) is 0. The first kappa shape index (κ1) is 10.5. The predicted octanol–water partition coefficient (Wildman–Crippen LogP) is 3.41. The smallest absolute Gasteiger partial charge is 0.214 e. The van der Waals surface area contributed by atoms with E-state index in [2.05, 4.69) is 33.9 Å². The lowest BCUT2D eigenvalue weighted by atomic mass is 10.0. The normalized spacial score (nSPS) is 13.8. The number of hydrogen-bond donors (Lipinski definition) is 0. The van der Waals surface area contributed by atoms with Gasteiger partial charge in [-0.2, -0.15) is 0 Å². The molecule has 0 saturated carbocycles. The molecule has 0 saturated heterocycles. The van der Waals surface area contributed by atoms with Gasteiger partial charge in [0.05, 0.1) is 0 Å². The van der Waals surface area contributed by atoms with E-state index in [-0.39, 0.29) is 0 Å². The van der Waals surface area contributed by atoms with Gasteiger partial charge in [0.2, 0.25) is 8.32 Å². The van der Waals surface area contributed by atoms with E-state index < -0.39 is 8.32 Å². The molecule has 0 aliphatic heterocycles. The summed E-state index contributed by atoms with van der Waals surface area (Å²) in [5.41, 5.74) is 0.338. The van der Waals surface area contributed by atoms with Crippen LogP contribution in [0.15, 0.2) is 0 Å². The summed E-state index contributed by atoms with van der Waals surface area (Å²) >= 11 is 5.36. The van der Waals surface area contributed by atoms with Gasteiger partial charge >= 0.3 is 0 Å². The van der Waals surface area contributed by atoms with Gasteiger partial charge < -0.3 is 3.98 Å². The minimum atomic E-state index is -1.55. The highest BCUT2D eigenvalue weighted by Crippen LogP contribution is 2.28. The van der Waals surface area contributed by atoms with Crippen LogP contribution < -0.4 is 0 Å². The average molecular weight is 181 g/mol. The van der Waals surface area contributed by atoms with Crippen LogP contribution in [0.25, 0.3) is 0 Å². The molecule has 62 valence electrons. The number of hydrogen-bond acceptors (Lipinski definition) is 1. The molecule has 0 heterocycles. The van der Waals surface area contributed by atoms with Crippen molar-refractivity contribution in [1.82, 2.24) is 0 Å². The highest BCUT2D eigenvalue weighted by molar-refractivity contribution is 6.74. The predicted molar refractivity (Wildman–Crippen MR) is 48.7 cm³/mol. The standard InChI is InChI=1S/C7H17ClOSi/c1-7(2,3)6-10(4,5)9-8/h6H2,1-5H3. The maximum atomic E-state index is 5.36. The molecule has 0 fully saturated rings. The lowest BCUT2D eigenvalue weighted by Crippen LogP contribution is -2.31. The molecule has 0 amide bonds. The summed E-state index contributed by atoms with van der Waals surface area (Å²) < 4.78 is 4.92. The first-order chi connectivity index (χ1) is 4.27. The molecule has 0 rings (SSSR count). The molecule has 0 aliphatic carbocycles. The van der Waals surface area contributed by atoms with Gasteiger partial charge in [0.25, 0.3) is 0 Å². The molecule has 0 spiro atoms. The Labute approximate surface area is 70.0 Å². The van der Waals surface area contributed by atoms with Gasteiger partial charge in [-0.15, -0.1) is 0 Å². The molecule has 10 heavy (non-hydrogen) atoms. The zero-order chi connectivity index (χ0) is 8.41. The number of rotatable bonds is 2. The third kappa shape index (κ3) is 5.27. The Morgan fingerprint density at radius 3 is 1.80 bits per heavy atom. The second kappa shape index (κ2) is 3.24. The van der Waals surface area contributed by atoms with E-state index in [9.17, 15) is 0 Å². The fourth-order valence-corrected chi connectivity index (χ4v) is 4.08. The molecule has 1 nitrogen and oxygen atoms in total. The summed E-state index contributed by atoms with van der Waals surface area (Å²) in [5, 5.41) is 0. The van der Waals surface area contributed by atoms with Crippen molar-refractivity contribution in [1.29, 1.82) is 0 Å². The zero-order valence-corrected chi connectivity index (χ0v) is 9.25. The van der Waals surface area contributed by atoms with Crippen LogP contribution in [0.3, 0.4) is 0 Å². The van der Waals surface area contributed by atoms with Gasteiger partial charge in [0.1, 0.15) is 0 Å². The highest BCUT2D eigenvalue weighted by atomic mass is 35.5. The van der Waals surface area contributed by atoms with E-state index in [1.807, 2.05) is 0 Å². The highest BCUT2D eigenvalue weighted by Gasteiger charge is 2.29. The summed E-state index contributed by atoms with van der Waals surface area (Å²) in [6.07, 6.45) is 0. The van der Waals surface area contributed by atoms with Gasteiger partial charge in [-0.25, -0.2) is 0 Å². The summed E-state index contributed by atoms with van der Waals surface area (Å²) in [6, 6.07) is 1.10. The molecule has 0 N–H and O–H groups in total. The van der Waals surface area contributed by atoms with Crippen LogP contribution in [0.2, 0.25) is 19.1 Å². The molecule has 0 aromatic heterocycles. The van der Waals surface area contributed by atoms with E-state index in [4.69, 9.17) is 15.8 Å². The Morgan fingerprint density at radius 1 is 1.30 bits per heavy atom. The van der Waals surface area contributed by atoms with Crippen LogP contribution in [0, 0.1) is 5.41 Å². The number of halogens is 1. The molecule has 0 aromatic carbocycles. The second-order valence-electron chi connectivity index (χ2n) is 4.57. The minimum Gasteiger partial charge on any atom is -0.325 e. The lowest BCUT2D eigenvalue weighted by molar-refractivity contribution is 0.436. The molecule has 0 radical (unpaired) electrons. The Balaban J connectivity index is 3.89. The van der Waals surface area contributed by atoms with Crippen LogP contribution in [0.4, 0.5) is 0 Å². The van der Waals surface area contributed by atoms with Gasteiger partial charge in [-0.3, -0.25) is 0 Å². The van der Waals surface area contributed by atoms with Crippen LogP contribution >= 0.6 is 11.9 Å². The van der Waals surface area contributed by atoms with Crippen molar-refractivity contribution in [3.63, 3.8) is 0 Å².